The molecule has 102 valence electrons. The number of hydrogen-bond donors (Lipinski definition) is 1. The predicted molar refractivity (Wildman–Crippen MR) is 71.8 cm³/mol. The zero-order chi connectivity index (χ0) is 13.4. The van der Waals surface area contributed by atoms with Crippen LogP contribution in [0.25, 0.3) is 0 Å². The average molecular weight is 255 g/mol. The molecule has 0 atom stereocenters. The molecule has 0 radical (unpaired) electrons. The molecule has 0 aromatic heterocycles. The third kappa shape index (κ3) is 5.13. The van der Waals surface area contributed by atoms with Crippen molar-refractivity contribution in [2.75, 3.05) is 13.1 Å². The van der Waals surface area contributed by atoms with Crippen LogP contribution in [-0.2, 0) is 6.42 Å². The van der Waals surface area contributed by atoms with Gasteiger partial charge in [-0.25, -0.2) is 8.78 Å². The lowest BCUT2D eigenvalue weighted by molar-refractivity contribution is 0.556. The molecule has 18 heavy (non-hydrogen) atoms. The van der Waals surface area contributed by atoms with E-state index in [4.69, 9.17) is 0 Å². The van der Waals surface area contributed by atoms with Crippen LogP contribution in [-0.4, -0.2) is 13.1 Å². The Morgan fingerprint density at radius 2 is 1.78 bits per heavy atom. The summed E-state index contributed by atoms with van der Waals surface area (Å²) in [5, 5.41) is 3.34. The van der Waals surface area contributed by atoms with Gasteiger partial charge in [-0.3, -0.25) is 0 Å². The molecule has 0 heterocycles. The predicted octanol–water partition coefficient (Wildman–Crippen LogP) is 3.99. The second-order valence-corrected chi connectivity index (χ2v) is 4.75. The van der Waals surface area contributed by atoms with Crippen LogP contribution in [0.4, 0.5) is 8.78 Å². The van der Waals surface area contributed by atoms with E-state index < -0.39 is 11.6 Å². The molecule has 1 aromatic carbocycles. The molecule has 0 saturated carbocycles. The maximum Gasteiger partial charge on any atom is 0.129 e. The lowest BCUT2D eigenvalue weighted by Gasteiger charge is -2.06. The fourth-order valence-electron chi connectivity index (χ4n) is 1.95. The van der Waals surface area contributed by atoms with E-state index in [0.717, 1.165) is 44.8 Å². The maximum absolute atomic E-state index is 13.5. The molecular weight excluding hydrogens is 232 g/mol. The third-order valence-corrected chi connectivity index (χ3v) is 3.05. The molecule has 0 amide bonds. The molecule has 0 saturated heterocycles. The summed E-state index contributed by atoms with van der Waals surface area (Å²) < 4.78 is 26.5. The number of rotatable bonds is 8. The van der Waals surface area contributed by atoms with Gasteiger partial charge >= 0.3 is 0 Å². The lowest BCUT2D eigenvalue weighted by Crippen LogP contribution is -2.15. The molecule has 1 N–H and O–H groups in total. The third-order valence-electron chi connectivity index (χ3n) is 3.05. The molecule has 3 heteroatoms. The first kappa shape index (κ1) is 15.1. The van der Waals surface area contributed by atoms with E-state index in [9.17, 15) is 8.78 Å². The van der Waals surface area contributed by atoms with Gasteiger partial charge in [0.25, 0.3) is 0 Å². The number of halogens is 2. The summed E-state index contributed by atoms with van der Waals surface area (Å²) in [4.78, 5) is 0. The first-order valence-electron chi connectivity index (χ1n) is 6.80. The zero-order valence-electron chi connectivity index (χ0n) is 11.4. The fraction of sp³-hybridized carbons (Fsp3) is 0.600. The van der Waals surface area contributed by atoms with Gasteiger partial charge in [-0.15, -0.1) is 0 Å². The number of nitrogens with one attached hydrogen (secondary N) is 1. The summed E-state index contributed by atoms with van der Waals surface area (Å²) in [5.74, 6) is -0.873. The van der Waals surface area contributed by atoms with Crippen molar-refractivity contribution in [1.29, 1.82) is 0 Å². The number of unbranched alkanes of at least 4 members (excludes halogenated alkanes) is 2. The van der Waals surface area contributed by atoms with E-state index in [1.54, 1.807) is 13.0 Å². The quantitative estimate of drug-likeness (QED) is 0.693. The minimum Gasteiger partial charge on any atom is -0.317 e. The summed E-state index contributed by atoms with van der Waals surface area (Å²) >= 11 is 0. The highest BCUT2D eigenvalue weighted by Gasteiger charge is 2.06. The average Bonchev–Trinajstić information content (AvgIpc) is 2.34. The first-order valence-corrected chi connectivity index (χ1v) is 6.80. The lowest BCUT2D eigenvalue weighted by atomic mass is 10.0. The van der Waals surface area contributed by atoms with Crippen LogP contribution in [0.1, 0.15) is 43.7 Å². The topological polar surface area (TPSA) is 12.0 Å². The largest absolute Gasteiger partial charge is 0.317 e. The van der Waals surface area contributed by atoms with Gasteiger partial charge in [0.05, 0.1) is 0 Å². The van der Waals surface area contributed by atoms with Crippen LogP contribution in [0.15, 0.2) is 12.1 Å². The van der Waals surface area contributed by atoms with Crippen LogP contribution in [0.5, 0.6) is 0 Å². The van der Waals surface area contributed by atoms with E-state index in [1.807, 2.05) is 0 Å². The van der Waals surface area contributed by atoms with Gasteiger partial charge in [0.1, 0.15) is 11.6 Å². The maximum atomic E-state index is 13.5. The van der Waals surface area contributed by atoms with Crippen LogP contribution < -0.4 is 5.32 Å². The van der Waals surface area contributed by atoms with Crippen molar-refractivity contribution in [3.05, 3.63) is 34.9 Å². The Bertz CT molecular complexity index is 364. The second kappa shape index (κ2) is 8.20. The number of aryl methyl sites for hydroxylation is 2. The van der Waals surface area contributed by atoms with Gasteiger partial charge in [0.15, 0.2) is 0 Å². The summed E-state index contributed by atoms with van der Waals surface area (Å²) in [6, 6.07) is 2.62. The minimum atomic E-state index is -0.458. The fourth-order valence-corrected chi connectivity index (χ4v) is 1.95. The van der Waals surface area contributed by atoms with E-state index in [0.29, 0.717) is 17.5 Å². The van der Waals surface area contributed by atoms with Gasteiger partial charge < -0.3 is 5.32 Å². The van der Waals surface area contributed by atoms with E-state index in [1.165, 1.54) is 0 Å². The summed E-state index contributed by atoms with van der Waals surface area (Å²) in [6.45, 7) is 5.91. The van der Waals surface area contributed by atoms with Crippen LogP contribution in [0, 0.1) is 18.6 Å². The Morgan fingerprint density at radius 3 is 2.50 bits per heavy atom. The van der Waals surface area contributed by atoms with E-state index >= 15 is 0 Å². The molecule has 0 bridgehead atoms. The van der Waals surface area contributed by atoms with Crippen molar-refractivity contribution in [3.63, 3.8) is 0 Å². The molecule has 0 fully saturated rings. The molecular formula is C15H23F2N. The monoisotopic (exact) mass is 255 g/mol. The Balaban J connectivity index is 2.25. The molecule has 1 nitrogen and oxygen atoms in total. The van der Waals surface area contributed by atoms with Crippen molar-refractivity contribution in [2.45, 2.75) is 46.0 Å². The number of benzene rings is 1. The van der Waals surface area contributed by atoms with Gasteiger partial charge in [-0.2, -0.15) is 0 Å². The second-order valence-electron chi connectivity index (χ2n) is 4.75. The van der Waals surface area contributed by atoms with Gasteiger partial charge in [0, 0.05) is 6.07 Å². The molecule has 0 unspecified atom stereocenters. The van der Waals surface area contributed by atoms with Gasteiger partial charge in [0.2, 0.25) is 0 Å². The highest BCUT2D eigenvalue weighted by atomic mass is 19.1. The number of hydrogen-bond acceptors (Lipinski definition) is 1. The van der Waals surface area contributed by atoms with Crippen molar-refractivity contribution in [3.8, 4) is 0 Å². The summed E-state index contributed by atoms with van der Waals surface area (Å²) in [5.41, 5.74) is 1.16. The van der Waals surface area contributed by atoms with Crippen molar-refractivity contribution in [2.24, 2.45) is 0 Å². The van der Waals surface area contributed by atoms with Gasteiger partial charge in [-0.05, 0) is 56.8 Å². The highest BCUT2D eigenvalue weighted by molar-refractivity contribution is 5.25. The molecule has 0 spiro atoms. The summed E-state index contributed by atoms with van der Waals surface area (Å²) in [7, 11) is 0. The van der Waals surface area contributed by atoms with Crippen molar-refractivity contribution in [1.82, 2.24) is 5.32 Å². The minimum absolute atomic E-state index is 0.415. The molecule has 1 rings (SSSR count). The molecule has 0 aliphatic heterocycles. The van der Waals surface area contributed by atoms with Gasteiger partial charge in [-0.1, -0.05) is 19.4 Å². The Labute approximate surface area is 109 Å². The van der Waals surface area contributed by atoms with Crippen LogP contribution >= 0.6 is 0 Å². The first-order chi connectivity index (χ1) is 8.65. The molecule has 0 aliphatic rings. The van der Waals surface area contributed by atoms with Crippen LogP contribution in [0.2, 0.25) is 0 Å². The normalized spacial score (nSPS) is 10.9. The van der Waals surface area contributed by atoms with Crippen molar-refractivity contribution >= 4 is 0 Å². The molecule has 1 aromatic rings. The van der Waals surface area contributed by atoms with Crippen LogP contribution in [0.3, 0.4) is 0 Å². The molecule has 0 aliphatic carbocycles. The van der Waals surface area contributed by atoms with Crippen molar-refractivity contribution < 1.29 is 8.78 Å². The zero-order valence-corrected chi connectivity index (χ0v) is 11.4. The Hall–Kier alpha value is -0.960. The Kier molecular flexibility index (Phi) is 6.88. The van der Waals surface area contributed by atoms with E-state index in [2.05, 4.69) is 12.2 Å². The standard InChI is InChI=1S/C15H23F2N/c1-3-8-18-9-6-4-5-7-13-10-12(2)14(16)11-15(13)17/h10-11,18H,3-9H2,1-2H3. The smallest absolute Gasteiger partial charge is 0.129 e. The summed E-state index contributed by atoms with van der Waals surface area (Å²) in [6.07, 6.45) is 4.99. The highest BCUT2D eigenvalue weighted by Crippen LogP contribution is 2.16. The SMILES string of the molecule is CCCNCCCCCc1cc(C)c(F)cc1F. The van der Waals surface area contributed by atoms with E-state index in [-0.39, 0.29) is 0 Å². The Morgan fingerprint density at radius 1 is 1.00 bits per heavy atom.